The average Bonchev–Trinajstić information content (AvgIpc) is 2.60. The standard InChI is InChI=1S/C16H22N2O4/c1-20-16(6-8-17-9-7-16)15(19)18-10-12-11-21-13-4-2-3-5-14(13)22-12/h2-5,12,17H,6-11H2,1H3,(H,18,19). The quantitative estimate of drug-likeness (QED) is 0.857. The summed E-state index contributed by atoms with van der Waals surface area (Å²) in [6, 6.07) is 7.55. The van der Waals surface area contributed by atoms with Crippen molar-refractivity contribution in [1.82, 2.24) is 10.6 Å². The van der Waals surface area contributed by atoms with Gasteiger partial charge in [0.05, 0.1) is 6.54 Å². The minimum Gasteiger partial charge on any atom is -0.486 e. The van der Waals surface area contributed by atoms with Gasteiger partial charge in [0.2, 0.25) is 0 Å². The molecule has 1 amide bonds. The Bertz CT molecular complexity index is 529. The molecule has 1 saturated heterocycles. The molecule has 2 aliphatic rings. The van der Waals surface area contributed by atoms with E-state index in [-0.39, 0.29) is 12.0 Å². The number of fused-ring (bicyclic) bond motifs is 1. The van der Waals surface area contributed by atoms with Crippen LogP contribution in [0.15, 0.2) is 24.3 Å². The van der Waals surface area contributed by atoms with Crippen LogP contribution in [0.4, 0.5) is 0 Å². The first-order valence-corrected chi connectivity index (χ1v) is 7.66. The van der Waals surface area contributed by atoms with E-state index in [1.165, 1.54) is 0 Å². The summed E-state index contributed by atoms with van der Waals surface area (Å²) in [7, 11) is 1.60. The second-order valence-corrected chi connectivity index (χ2v) is 5.66. The van der Waals surface area contributed by atoms with Gasteiger partial charge in [0.25, 0.3) is 5.91 Å². The molecule has 1 fully saturated rings. The minimum absolute atomic E-state index is 0.0704. The molecule has 1 atom stereocenters. The van der Waals surface area contributed by atoms with Crippen molar-refractivity contribution in [2.45, 2.75) is 24.5 Å². The number of methoxy groups -OCH3 is 1. The summed E-state index contributed by atoms with van der Waals surface area (Å²) in [5, 5.41) is 6.19. The van der Waals surface area contributed by atoms with Gasteiger partial charge in [0, 0.05) is 7.11 Å². The molecule has 1 aromatic carbocycles. The summed E-state index contributed by atoms with van der Waals surface area (Å²) in [5.74, 6) is 1.40. The molecule has 0 radical (unpaired) electrons. The lowest BCUT2D eigenvalue weighted by Crippen LogP contribution is -2.55. The molecule has 120 valence electrons. The van der Waals surface area contributed by atoms with E-state index in [4.69, 9.17) is 14.2 Å². The van der Waals surface area contributed by atoms with Crippen molar-refractivity contribution < 1.29 is 19.0 Å². The summed E-state index contributed by atoms with van der Waals surface area (Å²) in [6.45, 7) is 2.42. The number of hydrogen-bond acceptors (Lipinski definition) is 5. The highest BCUT2D eigenvalue weighted by molar-refractivity contribution is 5.85. The number of piperidine rings is 1. The first-order chi connectivity index (χ1) is 10.7. The number of ether oxygens (including phenoxy) is 3. The number of carbonyl (C=O) groups is 1. The van der Waals surface area contributed by atoms with Crippen molar-refractivity contribution in [2.75, 3.05) is 33.4 Å². The third-order valence-electron chi connectivity index (χ3n) is 4.27. The van der Waals surface area contributed by atoms with E-state index in [1.54, 1.807) is 7.11 Å². The lowest BCUT2D eigenvalue weighted by Gasteiger charge is -2.35. The Morgan fingerprint density at radius 2 is 2.09 bits per heavy atom. The van der Waals surface area contributed by atoms with Crippen LogP contribution in [0.2, 0.25) is 0 Å². The van der Waals surface area contributed by atoms with Gasteiger partial charge in [-0.1, -0.05) is 12.1 Å². The lowest BCUT2D eigenvalue weighted by molar-refractivity contribution is -0.147. The maximum absolute atomic E-state index is 12.5. The smallest absolute Gasteiger partial charge is 0.252 e. The van der Waals surface area contributed by atoms with Gasteiger partial charge in [-0.15, -0.1) is 0 Å². The first-order valence-electron chi connectivity index (χ1n) is 7.66. The molecule has 2 aliphatic heterocycles. The van der Waals surface area contributed by atoms with Crippen LogP contribution >= 0.6 is 0 Å². The van der Waals surface area contributed by atoms with Crippen LogP contribution in [0.5, 0.6) is 11.5 Å². The van der Waals surface area contributed by atoms with Crippen LogP contribution in [0.25, 0.3) is 0 Å². The first kappa shape index (κ1) is 15.1. The highest BCUT2D eigenvalue weighted by Crippen LogP contribution is 2.30. The molecule has 0 bridgehead atoms. The van der Waals surface area contributed by atoms with Gasteiger partial charge < -0.3 is 24.8 Å². The van der Waals surface area contributed by atoms with Crippen LogP contribution in [0.1, 0.15) is 12.8 Å². The molecular formula is C16H22N2O4. The number of amides is 1. The largest absolute Gasteiger partial charge is 0.486 e. The second-order valence-electron chi connectivity index (χ2n) is 5.66. The van der Waals surface area contributed by atoms with E-state index >= 15 is 0 Å². The summed E-state index contributed by atoms with van der Waals surface area (Å²) in [4.78, 5) is 12.5. The van der Waals surface area contributed by atoms with Crippen molar-refractivity contribution in [3.05, 3.63) is 24.3 Å². The van der Waals surface area contributed by atoms with Gasteiger partial charge in [0.15, 0.2) is 11.5 Å². The molecule has 0 spiro atoms. The summed E-state index contributed by atoms with van der Waals surface area (Å²) in [6.07, 6.45) is 1.18. The third kappa shape index (κ3) is 3.03. The molecular weight excluding hydrogens is 284 g/mol. The SMILES string of the molecule is COC1(C(=O)NCC2COc3ccccc3O2)CCNCC1. The Morgan fingerprint density at radius 1 is 1.36 bits per heavy atom. The van der Waals surface area contributed by atoms with Gasteiger partial charge in [0.1, 0.15) is 18.3 Å². The van der Waals surface area contributed by atoms with Crippen molar-refractivity contribution in [2.24, 2.45) is 0 Å². The summed E-state index contributed by atoms with van der Waals surface area (Å²) < 4.78 is 17.0. The van der Waals surface area contributed by atoms with Crippen LogP contribution in [0, 0.1) is 0 Å². The second kappa shape index (κ2) is 6.54. The Labute approximate surface area is 130 Å². The van der Waals surface area contributed by atoms with Gasteiger partial charge in [-0.05, 0) is 38.1 Å². The highest BCUT2D eigenvalue weighted by Gasteiger charge is 2.39. The minimum atomic E-state index is -0.724. The molecule has 22 heavy (non-hydrogen) atoms. The zero-order valence-electron chi connectivity index (χ0n) is 12.8. The van der Waals surface area contributed by atoms with Gasteiger partial charge in [-0.25, -0.2) is 0 Å². The summed E-state index contributed by atoms with van der Waals surface area (Å²) >= 11 is 0. The Kier molecular flexibility index (Phi) is 4.49. The third-order valence-corrected chi connectivity index (χ3v) is 4.27. The fourth-order valence-electron chi connectivity index (χ4n) is 2.89. The van der Waals surface area contributed by atoms with E-state index in [0.717, 1.165) is 24.6 Å². The maximum atomic E-state index is 12.5. The summed E-state index contributed by atoms with van der Waals surface area (Å²) in [5.41, 5.74) is -0.724. The predicted octanol–water partition coefficient (Wildman–Crippen LogP) is 0.711. The number of hydrogen-bond donors (Lipinski definition) is 2. The molecule has 1 unspecified atom stereocenters. The monoisotopic (exact) mass is 306 g/mol. The molecule has 3 rings (SSSR count). The Hall–Kier alpha value is -1.79. The highest BCUT2D eigenvalue weighted by atomic mass is 16.6. The molecule has 0 aliphatic carbocycles. The van der Waals surface area contributed by atoms with E-state index in [1.807, 2.05) is 24.3 Å². The number of nitrogens with one attached hydrogen (secondary N) is 2. The number of para-hydroxylation sites is 2. The Morgan fingerprint density at radius 3 is 2.82 bits per heavy atom. The number of benzene rings is 1. The molecule has 1 aromatic rings. The molecule has 2 heterocycles. The zero-order valence-corrected chi connectivity index (χ0v) is 12.8. The van der Waals surface area contributed by atoms with Crippen LogP contribution in [-0.4, -0.2) is 51.0 Å². The van der Waals surface area contributed by atoms with Crippen molar-refractivity contribution >= 4 is 5.91 Å². The van der Waals surface area contributed by atoms with Gasteiger partial charge in [-0.3, -0.25) is 4.79 Å². The fraction of sp³-hybridized carbons (Fsp3) is 0.562. The topological polar surface area (TPSA) is 68.8 Å². The normalized spacial score (nSPS) is 22.9. The Balaban J connectivity index is 1.55. The molecule has 2 N–H and O–H groups in total. The van der Waals surface area contributed by atoms with Gasteiger partial charge >= 0.3 is 0 Å². The van der Waals surface area contributed by atoms with Crippen LogP contribution in [0.3, 0.4) is 0 Å². The van der Waals surface area contributed by atoms with Crippen molar-refractivity contribution in [3.63, 3.8) is 0 Å². The van der Waals surface area contributed by atoms with E-state index < -0.39 is 5.60 Å². The van der Waals surface area contributed by atoms with E-state index in [0.29, 0.717) is 26.0 Å². The molecule has 6 nitrogen and oxygen atoms in total. The lowest BCUT2D eigenvalue weighted by atomic mass is 9.91. The van der Waals surface area contributed by atoms with E-state index in [2.05, 4.69) is 10.6 Å². The number of rotatable bonds is 4. The van der Waals surface area contributed by atoms with Gasteiger partial charge in [-0.2, -0.15) is 0 Å². The fourth-order valence-corrected chi connectivity index (χ4v) is 2.89. The maximum Gasteiger partial charge on any atom is 0.252 e. The van der Waals surface area contributed by atoms with Crippen molar-refractivity contribution in [3.8, 4) is 11.5 Å². The van der Waals surface area contributed by atoms with Crippen LogP contribution < -0.4 is 20.1 Å². The van der Waals surface area contributed by atoms with E-state index in [9.17, 15) is 4.79 Å². The predicted molar refractivity (Wildman–Crippen MR) is 81.2 cm³/mol. The molecule has 0 saturated carbocycles. The zero-order chi connectivity index (χ0) is 15.4. The number of carbonyl (C=O) groups excluding carboxylic acids is 1. The van der Waals surface area contributed by atoms with Crippen LogP contribution in [-0.2, 0) is 9.53 Å². The molecule has 6 heteroatoms. The average molecular weight is 306 g/mol. The van der Waals surface area contributed by atoms with Crippen molar-refractivity contribution in [1.29, 1.82) is 0 Å². The molecule has 0 aromatic heterocycles.